The smallest absolute Gasteiger partial charge is 0.0729 e. The van der Waals surface area contributed by atoms with E-state index in [0.717, 1.165) is 6.54 Å². The minimum absolute atomic E-state index is 0.445. The Hall–Kier alpha value is -1.15. The molecule has 1 saturated carbocycles. The van der Waals surface area contributed by atoms with E-state index < -0.39 is 0 Å². The van der Waals surface area contributed by atoms with Gasteiger partial charge in [0.25, 0.3) is 0 Å². The molecule has 2 aliphatic rings. The molecule has 0 saturated heterocycles. The molecule has 2 heteroatoms. The maximum atomic E-state index is 5.78. The first kappa shape index (κ1) is 8.18. The van der Waals surface area contributed by atoms with Gasteiger partial charge in [-0.15, -0.1) is 0 Å². The van der Waals surface area contributed by atoms with Crippen LogP contribution in [0.5, 0.6) is 0 Å². The van der Waals surface area contributed by atoms with Gasteiger partial charge in [0.1, 0.15) is 0 Å². The lowest BCUT2D eigenvalue weighted by atomic mass is 10.00. The van der Waals surface area contributed by atoms with Crippen LogP contribution in [-0.4, -0.2) is 12.6 Å². The summed E-state index contributed by atoms with van der Waals surface area (Å²) in [5, 5.41) is 2.52. The van der Waals surface area contributed by atoms with Crippen LogP contribution in [0.4, 0.5) is 0 Å². The Morgan fingerprint density at radius 3 is 3.00 bits per heavy atom. The molecule has 0 bridgehead atoms. The van der Waals surface area contributed by atoms with Crippen LogP contribution in [0.25, 0.3) is 5.57 Å². The zero-order valence-corrected chi connectivity index (χ0v) is 8.11. The fourth-order valence-corrected chi connectivity index (χ4v) is 2.72. The van der Waals surface area contributed by atoms with Crippen LogP contribution in [0.2, 0.25) is 0 Å². The average Bonchev–Trinajstić information content (AvgIpc) is 2.75. The molecule has 1 aromatic carbocycles. The molecule has 0 spiro atoms. The van der Waals surface area contributed by atoms with Crippen molar-refractivity contribution in [2.24, 2.45) is 16.6 Å². The summed E-state index contributed by atoms with van der Waals surface area (Å²) in [5.74, 6) is 0.576. The highest BCUT2D eigenvalue weighted by Crippen LogP contribution is 2.33. The number of nitrogens with two attached hydrogens (primary N) is 1. The molecule has 1 heterocycles. The summed E-state index contributed by atoms with van der Waals surface area (Å²) in [7, 11) is 0. The molecule has 2 unspecified atom stereocenters. The van der Waals surface area contributed by atoms with E-state index in [4.69, 9.17) is 10.7 Å². The Kier molecular flexibility index (Phi) is 1.71. The second kappa shape index (κ2) is 2.92. The van der Waals surface area contributed by atoms with E-state index in [1.54, 1.807) is 0 Å². The van der Waals surface area contributed by atoms with Crippen molar-refractivity contribution in [3.63, 3.8) is 0 Å². The summed E-state index contributed by atoms with van der Waals surface area (Å²) in [6.45, 7) is 0.773. The summed E-state index contributed by atoms with van der Waals surface area (Å²) < 4.78 is 0. The Labute approximate surface area is 83.2 Å². The predicted octanol–water partition coefficient (Wildman–Crippen LogP) is 0.208. The summed E-state index contributed by atoms with van der Waals surface area (Å²) in [6, 6.07) is 8.88. The topological polar surface area (TPSA) is 38.4 Å². The van der Waals surface area contributed by atoms with Gasteiger partial charge >= 0.3 is 0 Å². The van der Waals surface area contributed by atoms with Crippen LogP contribution in [0.1, 0.15) is 12.8 Å². The van der Waals surface area contributed by atoms with Crippen molar-refractivity contribution in [3.8, 4) is 0 Å². The van der Waals surface area contributed by atoms with E-state index in [1.165, 1.54) is 29.0 Å². The third-order valence-corrected chi connectivity index (χ3v) is 3.38. The summed E-state index contributed by atoms with van der Waals surface area (Å²) in [6.07, 6.45) is 2.40. The summed E-state index contributed by atoms with van der Waals surface area (Å²) >= 11 is 0. The van der Waals surface area contributed by atoms with Crippen molar-refractivity contribution in [1.82, 2.24) is 0 Å². The van der Waals surface area contributed by atoms with Crippen LogP contribution in [0.3, 0.4) is 0 Å². The number of nitrogens with zero attached hydrogens (tertiary/aromatic N) is 1. The molecule has 1 aliphatic heterocycles. The lowest BCUT2D eigenvalue weighted by molar-refractivity contribution is 0.653. The van der Waals surface area contributed by atoms with E-state index in [-0.39, 0.29) is 0 Å². The molecule has 1 aromatic rings. The van der Waals surface area contributed by atoms with Gasteiger partial charge in [0.15, 0.2) is 0 Å². The predicted molar refractivity (Wildman–Crippen MR) is 56.2 cm³/mol. The third-order valence-electron chi connectivity index (χ3n) is 3.38. The molecular weight excluding hydrogens is 172 g/mol. The van der Waals surface area contributed by atoms with Crippen molar-refractivity contribution < 1.29 is 0 Å². The molecule has 0 aromatic heterocycles. The highest BCUT2D eigenvalue weighted by Gasteiger charge is 2.31. The maximum Gasteiger partial charge on any atom is 0.0729 e. The largest absolute Gasteiger partial charge is 0.330 e. The molecule has 2 atom stereocenters. The summed E-state index contributed by atoms with van der Waals surface area (Å²) in [5.41, 5.74) is 7.29. The quantitative estimate of drug-likeness (QED) is 0.669. The molecule has 0 radical (unpaired) electrons. The fourth-order valence-electron chi connectivity index (χ4n) is 2.72. The number of para-hydroxylation sites is 1. The normalized spacial score (nSPS) is 28.5. The van der Waals surface area contributed by atoms with Crippen LogP contribution >= 0.6 is 0 Å². The number of fused-ring (bicyclic) bond motifs is 2. The van der Waals surface area contributed by atoms with Crippen molar-refractivity contribution in [2.75, 3.05) is 6.54 Å². The molecule has 1 aliphatic carbocycles. The summed E-state index contributed by atoms with van der Waals surface area (Å²) in [4.78, 5) is 4.72. The Morgan fingerprint density at radius 2 is 2.14 bits per heavy atom. The second-order valence-corrected chi connectivity index (χ2v) is 4.13. The van der Waals surface area contributed by atoms with Gasteiger partial charge in [-0.05, 0) is 36.9 Å². The molecule has 2 N–H and O–H groups in total. The van der Waals surface area contributed by atoms with Crippen molar-refractivity contribution in [3.05, 3.63) is 34.8 Å². The Morgan fingerprint density at radius 1 is 1.29 bits per heavy atom. The first-order chi connectivity index (χ1) is 6.90. The third kappa shape index (κ3) is 0.976. The maximum absolute atomic E-state index is 5.78. The van der Waals surface area contributed by atoms with Gasteiger partial charge in [-0.1, -0.05) is 18.2 Å². The average molecular weight is 186 g/mol. The molecular formula is C12H14N2. The van der Waals surface area contributed by atoms with Crippen molar-refractivity contribution >= 4 is 5.57 Å². The SMILES string of the molecule is NCC1CCC2N=c3ccccc3=C12. The van der Waals surface area contributed by atoms with Gasteiger partial charge in [-0.25, -0.2) is 0 Å². The van der Waals surface area contributed by atoms with Crippen LogP contribution in [-0.2, 0) is 0 Å². The van der Waals surface area contributed by atoms with Gasteiger partial charge in [-0.3, -0.25) is 4.99 Å². The zero-order chi connectivity index (χ0) is 9.54. The van der Waals surface area contributed by atoms with Gasteiger partial charge in [0.05, 0.1) is 11.4 Å². The monoisotopic (exact) mass is 186 g/mol. The van der Waals surface area contributed by atoms with Crippen LogP contribution in [0.15, 0.2) is 29.3 Å². The lowest BCUT2D eigenvalue weighted by Crippen LogP contribution is -2.26. The van der Waals surface area contributed by atoms with E-state index >= 15 is 0 Å². The minimum atomic E-state index is 0.445. The van der Waals surface area contributed by atoms with E-state index in [1.807, 2.05) is 0 Å². The van der Waals surface area contributed by atoms with Gasteiger partial charge < -0.3 is 5.73 Å². The standard InChI is InChI=1S/C12H14N2/c13-7-8-5-6-11-12(8)9-3-1-2-4-10(9)14-11/h1-4,8,11H,5-7,13H2. The number of rotatable bonds is 1. The van der Waals surface area contributed by atoms with E-state index in [9.17, 15) is 0 Å². The Balaban J connectivity index is 2.29. The molecule has 3 rings (SSSR count). The van der Waals surface area contributed by atoms with Crippen molar-refractivity contribution in [1.29, 1.82) is 0 Å². The molecule has 2 nitrogen and oxygen atoms in total. The fraction of sp³-hybridized carbons (Fsp3) is 0.417. The van der Waals surface area contributed by atoms with Gasteiger partial charge in [0, 0.05) is 5.22 Å². The first-order valence-corrected chi connectivity index (χ1v) is 5.27. The first-order valence-electron chi connectivity index (χ1n) is 5.27. The molecule has 14 heavy (non-hydrogen) atoms. The minimum Gasteiger partial charge on any atom is -0.330 e. The number of hydrogen-bond acceptors (Lipinski definition) is 2. The van der Waals surface area contributed by atoms with Crippen LogP contribution in [0, 0.1) is 5.92 Å². The lowest BCUT2D eigenvalue weighted by Gasteiger charge is -2.07. The van der Waals surface area contributed by atoms with E-state index in [0.29, 0.717) is 12.0 Å². The molecule has 0 amide bonds. The van der Waals surface area contributed by atoms with Gasteiger partial charge in [-0.2, -0.15) is 0 Å². The second-order valence-electron chi connectivity index (χ2n) is 4.13. The number of benzene rings is 1. The van der Waals surface area contributed by atoms with Crippen molar-refractivity contribution in [2.45, 2.75) is 18.9 Å². The molecule has 72 valence electrons. The highest BCUT2D eigenvalue weighted by atomic mass is 14.8. The number of hydrogen-bond donors (Lipinski definition) is 1. The van der Waals surface area contributed by atoms with Gasteiger partial charge in [0.2, 0.25) is 0 Å². The molecule has 1 fully saturated rings. The Bertz CT molecular complexity index is 475. The van der Waals surface area contributed by atoms with Crippen LogP contribution < -0.4 is 16.3 Å². The van der Waals surface area contributed by atoms with E-state index in [2.05, 4.69) is 24.3 Å². The zero-order valence-electron chi connectivity index (χ0n) is 8.11. The highest BCUT2D eigenvalue weighted by molar-refractivity contribution is 5.58.